The number of nitrogens with zero attached hydrogens (tertiary/aromatic N) is 1. The van der Waals surface area contributed by atoms with Crippen LogP contribution in [0.2, 0.25) is 0 Å². The molecule has 4 aromatic rings. The monoisotopic (exact) mass is 355 g/mol. The molecule has 26 heavy (non-hydrogen) atoms. The highest BCUT2D eigenvalue weighted by Gasteiger charge is 2.04. The molecule has 0 atom stereocenters. The maximum absolute atomic E-state index is 4.79. The fourth-order valence-electron chi connectivity index (χ4n) is 2.99. The smallest absolute Gasteiger partial charge is 0.117 e. The molecular formula is C24H21NS. The average molecular weight is 356 g/mol. The van der Waals surface area contributed by atoms with Crippen LogP contribution >= 0.6 is 11.3 Å². The van der Waals surface area contributed by atoms with Crippen LogP contribution in [0.25, 0.3) is 22.4 Å². The lowest BCUT2D eigenvalue weighted by Crippen LogP contribution is -1.91. The molecule has 0 spiro atoms. The summed E-state index contributed by atoms with van der Waals surface area (Å²) in [6.45, 7) is 2.13. The van der Waals surface area contributed by atoms with Gasteiger partial charge in [-0.1, -0.05) is 72.3 Å². The van der Waals surface area contributed by atoms with Crippen LogP contribution < -0.4 is 0 Å². The van der Waals surface area contributed by atoms with Gasteiger partial charge in [0.25, 0.3) is 0 Å². The molecule has 1 heterocycles. The van der Waals surface area contributed by atoms with Gasteiger partial charge in [-0.05, 0) is 54.7 Å². The first-order valence-corrected chi connectivity index (χ1v) is 9.76. The van der Waals surface area contributed by atoms with E-state index in [1.54, 1.807) is 11.3 Å². The predicted molar refractivity (Wildman–Crippen MR) is 114 cm³/mol. The second kappa shape index (κ2) is 7.67. The first-order valence-electron chi connectivity index (χ1n) is 8.94. The predicted octanol–water partition coefficient (Wildman–Crippen LogP) is 6.56. The van der Waals surface area contributed by atoms with Gasteiger partial charge in [0, 0.05) is 0 Å². The van der Waals surface area contributed by atoms with Crippen molar-refractivity contribution in [1.82, 2.24) is 4.98 Å². The highest BCUT2D eigenvalue weighted by molar-refractivity contribution is 7.19. The molecule has 0 aliphatic heterocycles. The average Bonchev–Trinajstić information content (AvgIpc) is 3.09. The van der Waals surface area contributed by atoms with Gasteiger partial charge in [0.1, 0.15) is 5.01 Å². The molecule has 0 radical (unpaired) electrons. The number of thiazole rings is 1. The number of hydrogen-bond acceptors (Lipinski definition) is 2. The minimum atomic E-state index is 1.05. The Morgan fingerprint density at radius 1 is 0.808 bits per heavy atom. The first kappa shape index (κ1) is 16.7. The van der Waals surface area contributed by atoms with Crippen LogP contribution in [-0.4, -0.2) is 4.98 Å². The van der Waals surface area contributed by atoms with Gasteiger partial charge in [0.05, 0.1) is 10.2 Å². The molecule has 0 N–H and O–H groups in total. The number of fused-ring (bicyclic) bond motifs is 1. The molecule has 2 heteroatoms. The van der Waals surface area contributed by atoms with Crippen molar-refractivity contribution < 1.29 is 0 Å². The minimum Gasteiger partial charge on any atom is -0.237 e. The molecule has 3 aromatic carbocycles. The minimum absolute atomic E-state index is 1.05. The molecule has 128 valence electrons. The molecule has 0 unspecified atom stereocenters. The summed E-state index contributed by atoms with van der Waals surface area (Å²) in [5.74, 6) is 0. The van der Waals surface area contributed by atoms with Crippen LogP contribution in [0.4, 0.5) is 0 Å². The third-order valence-corrected chi connectivity index (χ3v) is 5.51. The van der Waals surface area contributed by atoms with Crippen molar-refractivity contribution in [3.8, 4) is 0 Å². The van der Waals surface area contributed by atoms with Crippen LogP contribution in [-0.2, 0) is 12.8 Å². The fourth-order valence-corrected chi connectivity index (χ4v) is 3.84. The molecule has 0 aliphatic carbocycles. The SMILES string of the molecule is Cc1ccc(CCc2ccc3sc(C=Cc4ccccc4)nc3c2)cc1. The largest absolute Gasteiger partial charge is 0.237 e. The van der Waals surface area contributed by atoms with Crippen molar-refractivity contribution in [2.75, 3.05) is 0 Å². The van der Waals surface area contributed by atoms with Crippen LogP contribution in [0.3, 0.4) is 0 Å². The summed E-state index contributed by atoms with van der Waals surface area (Å²) < 4.78 is 1.25. The van der Waals surface area contributed by atoms with Crippen LogP contribution in [0.1, 0.15) is 27.3 Å². The van der Waals surface area contributed by atoms with Gasteiger partial charge in [-0.3, -0.25) is 0 Å². The van der Waals surface area contributed by atoms with E-state index in [4.69, 9.17) is 4.98 Å². The van der Waals surface area contributed by atoms with E-state index in [0.29, 0.717) is 0 Å². The Kier molecular flexibility index (Phi) is 4.94. The zero-order valence-corrected chi connectivity index (χ0v) is 15.7. The second-order valence-electron chi connectivity index (χ2n) is 6.58. The van der Waals surface area contributed by atoms with Crippen molar-refractivity contribution in [2.24, 2.45) is 0 Å². The fraction of sp³-hybridized carbons (Fsp3) is 0.125. The zero-order chi connectivity index (χ0) is 17.8. The second-order valence-corrected chi connectivity index (χ2v) is 7.65. The molecule has 0 saturated heterocycles. The summed E-state index contributed by atoms with van der Waals surface area (Å²) in [4.78, 5) is 4.79. The van der Waals surface area contributed by atoms with Gasteiger partial charge < -0.3 is 0 Å². The molecule has 1 nitrogen and oxygen atoms in total. The Hall–Kier alpha value is -2.71. The van der Waals surface area contributed by atoms with Crippen molar-refractivity contribution in [3.05, 3.63) is 100 Å². The Morgan fingerprint density at radius 3 is 2.35 bits per heavy atom. The van der Waals surface area contributed by atoms with Gasteiger partial charge in [0.15, 0.2) is 0 Å². The van der Waals surface area contributed by atoms with E-state index >= 15 is 0 Å². The normalized spacial score (nSPS) is 11.4. The Morgan fingerprint density at radius 2 is 1.54 bits per heavy atom. The van der Waals surface area contributed by atoms with Crippen LogP contribution in [0.15, 0.2) is 72.8 Å². The third-order valence-electron chi connectivity index (χ3n) is 4.51. The summed E-state index contributed by atoms with van der Waals surface area (Å²) in [5, 5.41) is 1.06. The summed E-state index contributed by atoms with van der Waals surface area (Å²) in [6, 6.07) is 25.8. The third kappa shape index (κ3) is 4.09. The number of benzene rings is 3. The van der Waals surface area contributed by atoms with E-state index in [-0.39, 0.29) is 0 Å². The van der Waals surface area contributed by atoms with Crippen molar-refractivity contribution in [2.45, 2.75) is 19.8 Å². The van der Waals surface area contributed by atoms with E-state index in [1.807, 2.05) is 6.07 Å². The molecule has 0 amide bonds. The highest BCUT2D eigenvalue weighted by atomic mass is 32.1. The van der Waals surface area contributed by atoms with Gasteiger partial charge in [-0.2, -0.15) is 0 Å². The van der Waals surface area contributed by atoms with Crippen LogP contribution in [0, 0.1) is 6.92 Å². The Bertz CT molecular complexity index is 1030. The number of rotatable bonds is 5. The molecule has 0 bridgehead atoms. The van der Waals surface area contributed by atoms with Crippen molar-refractivity contribution in [1.29, 1.82) is 0 Å². The lowest BCUT2D eigenvalue weighted by atomic mass is 10.0. The maximum atomic E-state index is 4.79. The molecule has 0 aliphatic rings. The topological polar surface area (TPSA) is 12.9 Å². The molecule has 0 saturated carbocycles. The quantitative estimate of drug-likeness (QED) is 0.395. The molecule has 4 rings (SSSR count). The van der Waals surface area contributed by atoms with Crippen molar-refractivity contribution in [3.63, 3.8) is 0 Å². The Balaban J connectivity index is 1.48. The first-order chi connectivity index (χ1) is 12.8. The lowest BCUT2D eigenvalue weighted by molar-refractivity contribution is 0.961. The summed E-state index contributed by atoms with van der Waals surface area (Å²) in [7, 11) is 0. The molecule has 0 fully saturated rings. The Labute approximate surface area is 158 Å². The summed E-state index contributed by atoms with van der Waals surface area (Å²) >= 11 is 1.74. The standard InChI is InChI=1S/C24H21NS/c1-18-7-9-20(10-8-18)11-12-21-13-15-23-22(17-21)25-24(26-23)16-14-19-5-3-2-4-6-19/h2-10,13-17H,11-12H2,1H3. The van der Waals surface area contributed by atoms with E-state index in [9.17, 15) is 0 Å². The van der Waals surface area contributed by atoms with Gasteiger partial charge in [-0.25, -0.2) is 4.98 Å². The van der Waals surface area contributed by atoms with Crippen LogP contribution in [0.5, 0.6) is 0 Å². The molecular weight excluding hydrogens is 334 g/mol. The van der Waals surface area contributed by atoms with Gasteiger partial charge >= 0.3 is 0 Å². The maximum Gasteiger partial charge on any atom is 0.117 e. The highest BCUT2D eigenvalue weighted by Crippen LogP contribution is 2.25. The van der Waals surface area contributed by atoms with Crippen molar-refractivity contribution >= 4 is 33.7 Å². The van der Waals surface area contributed by atoms with E-state index < -0.39 is 0 Å². The summed E-state index contributed by atoms with van der Waals surface area (Å²) in [6.07, 6.45) is 6.34. The number of hydrogen-bond donors (Lipinski definition) is 0. The van der Waals surface area contributed by atoms with Gasteiger partial charge in [0.2, 0.25) is 0 Å². The molecule has 1 aromatic heterocycles. The summed E-state index contributed by atoms with van der Waals surface area (Å²) in [5.41, 5.74) is 6.35. The van der Waals surface area contributed by atoms with Gasteiger partial charge in [-0.15, -0.1) is 11.3 Å². The van der Waals surface area contributed by atoms with E-state index in [2.05, 4.69) is 85.8 Å². The van der Waals surface area contributed by atoms with E-state index in [1.165, 1.54) is 27.0 Å². The lowest BCUT2D eigenvalue weighted by Gasteiger charge is -2.03. The van der Waals surface area contributed by atoms with E-state index in [0.717, 1.165) is 23.4 Å². The number of aryl methyl sites for hydroxylation is 3. The zero-order valence-electron chi connectivity index (χ0n) is 14.9. The number of aromatic nitrogens is 1.